The molecule has 2 atom stereocenters. The van der Waals surface area contributed by atoms with Crippen LogP contribution in [0.4, 0.5) is 0 Å². The van der Waals surface area contributed by atoms with Gasteiger partial charge in [-0.2, -0.15) is 0 Å². The zero-order chi connectivity index (χ0) is 15.3. The first-order valence-corrected chi connectivity index (χ1v) is 8.19. The van der Waals surface area contributed by atoms with Gasteiger partial charge >= 0.3 is 0 Å². The van der Waals surface area contributed by atoms with Gasteiger partial charge in [0.25, 0.3) is 0 Å². The van der Waals surface area contributed by atoms with Crippen molar-refractivity contribution in [2.24, 2.45) is 22.7 Å². The summed E-state index contributed by atoms with van der Waals surface area (Å²) in [6.07, 6.45) is 2.18. The molecule has 0 bridgehead atoms. The molecule has 116 valence electrons. The summed E-state index contributed by atoms with van der Waals surface area (Å²) >= 11 is 0. The van der Waals surface area contributed by atoms with Crippen molar-refractivity contribution in [1.82, 2.24) is 10.2 Å². The second-order valence-corrected chi connectivity index (χ2v) is 8.26. The summed E-state index contributed by atoms with van der Waals surface area (Å²) in [4.78, 5) is 14.8. The summed E-state index contributed by atoms with van der Waals surface area (Å²) in [5.74, 6) is 1.50. The van der Waals surface area contributed by atoms with Crippen LogP contribution < -0.4 is 5.32 Å². The molecule has 0 aromatic rings. The molecule has 1 heterocycles. The van der Waals surface area contributed by atoms with Crippen molar-refractivity contribution in [2.75, 3.05) is 6.54 Å². The van der Waals surface area contributed by atoms with E-state index in [-0.39, 0.29) is 12.2 Å². The minimum absolute atomic E-state index is 0.0323. The zero-order valence-corrected chi connectivity index (χ0v) is 14.3. The Bertz CT molecular complexity index is 372. The van der Waals surface area contributed by atoms with Gasteiger partial charge in [-0.1, -0.05) is 48.5 Å². The third-order valence-corrected chi connectivity index (χ3v) is 6.14. The molecule has 1 saturated heterocycles. The molecule has 2 unspecified atom stereocenters. The molecule has 1 saturated carbocycles. The van der Waals surface area contributed by atoms with Gasteiger partial charge in [0.2, 0.25) is 5.91 Å². The first kappa shape index (κ1) is 15.8. The van der Waals surface area contributed by atoms with E-state index in [1.165, 1.54) is 0 Å². The first-order chi connectivity index (χ1) is 9.12. The van der Waals surface area contributed by atoms with E-state index in [2.05, 4.69) is 58.7 Å². The van der Waals surface area contributed by atoms with Crippen LogP contribution in [0, 0.1) is 22.7 Å². The molecule has 2 fully saturated rings. The number of carbonyl (C=O) groups is 1. The van der Waals surface area contributed by atoms with Crippen LogP contribution in [0.15, 0.2) is 0 Å². The molecule has 2 rings (SSSR count). The Morgan fingerprint density at radius 1 is 1.20 bits per heavy atom. The van der Waals surface area contributed by atoms with Crippen molar-refractivity contribution < 1.29 is 4.79 Å². The van der Waals surface area contributed by atoms with Gasteiger partial charge in [-0.05, 0) is 35.5 Å². The normalized spacial score (nSPS) is 32.2. The third-order valence-electron chi connectivity index (χ3n) is 6.14. The van der Waals surface area contributed by atoms with Crippen LogP contribution in [0.1, 0.15) is 61.3 Å². The molecule has 1 amide bonds. The highest BCUT2D eigenvalue weighted by atomic mass is 16.2. The monoisotopic (exact) mass is 280 g/mol. The lowest BCUT2D eigenvalue weighted by atomic mass is 10.0. The average Bonchev–Trinajstić information content (AvgIpc) is 2.60. The van der Waals surface area contributed by atoms with E-state index >= 15 is 0 Å². The lowest BCUT2D eigenvalue weighted by molar-refractivity contribution is -0.130. The van der Waals surface area contributed by atoms with Gasteiger partial charge in [-0.3, -0.25) is 10.1 Å². The highest BCUT2D eigenvalue weighted by molar-refractivity contribution is 5.84. The van der Waals surface area contributed by atoms with Crippen LogP contribution in [0.5, 0.6) is 0 Å². The van der Waals surface area contributed by atoms with Crippen LogP contribution in [0.25, 0.3) is 0 Å². The molecule has 0 spiro atoms. The topological polar surface area (TPSA) is 32.3 Å². The molecule has 1 aliphatic carbocycles. The number of hydrogen-bond acceptors (Lipinski definition) is 2. The van der Waals surface area contributed by atoms with Crippen molar-refractivity contribution in [2.45, 2.75) is 73.5 Å². The predicted molar refractivity (Wildman–Crippen MR) is 83.2 cm³/mol. The third kappa shape index (κ3) is 2.38. The molecule has 20 heavy (non-hydrogen) atoms. The lowest BCUT2D eigenvalue weighted by Crippen LogP contribution is -2.38. The van der Waals surface area contributed by atoms with Crippen molar-refractivity contribution in [3.63, 3.8) is 0 Å². The quantitative estimate of drug-likeness (QED) is 0.838. The van der Waals surface area contributed by atoms with Gasteiger partial charge in [0.15, 0.2) is 0 Å². The summed E-state index contributed by atoms with van der Waals surface area (Å²) in [5.41, 5.74) is 0.698. The highest BCUT2D eigenvalue weighted by Gasteiger charge is 2.65. The number of rotatable bonds is 5. The van der Waals surface area contributed by atoms with Crippen molar-refractivity contribution in [3.8, 4) is 0 Å². The molecule has 2 aliphatic rings. The SMILES string of the molecule is CCC1NC(CC(C)C)C(=O)N1CC1C(C)(C)C1(C)C. The molecule has 0 aromatic heterocycles. The Balaban J connectivity index is 2.05. The Kier molecular flexibility index (Phi) is 3.96. The molecular weight excluding hydrogens is 248 g/mol. The van der Waals surface area contributed by atoms with Gasteiger partial charge in [0, 0.05) is 6.54 Å². The van der Waals surface area contributed by atoms with E-state index in [4.69, 9.17) is 0 Å². The Morgan fingerprint density at radius 3 is 2.15 bits per heavy atom. The fourth-order valence-electron chi connectivity index (χ4n) is 3.93. The maximum Gasteiger partial charge on any atom is 0.241 e. The summed E-state index contributed by atoms with van der Waals surface area (Å²) in [7, 11) is 0. The zero-order valence-electron chi connectivity index (χ0n) is 14.3. The standard InChI is InChI=1S/C17H32N2O/c1-8-14-18-12(9-11(2)3)15(20)19(14)10-13-16(4,5)17(13,6)7/h11-14,18H,8-10H2,1-7H3. The van der Waals surface area contributed by atoms with Crippen molar-refractivity contribution in [3.05, 3.63) is 0 Å². The van der Waals surface area contributed by atoms with Crippen molar-refractivity contribution in [1.29, 1.82) is 0 Å². The molecule has 1 aliphatic heterocycles. The summed E-state index contributed by atoms with van der Waals surface area (Å²) in [6.45, 7) is 16.8. The van der Waals surface area contributed by atoms with Gasteiger partial charge in [0.1, 0.15) is 0 Å². The number of nitrogens with one attached hydrogen (secondary N) is 1. The number of hydrogen-bond donors (Lipinski definition) is 1. The maximum atomic E-state index is 12.7. The molecule has 0 aromatic carbocycles. The second kappa shape index (κ2) is 5.01. The minimum atomic E-state index is 0.0323. The van der Waals surface area contributed by atoms with E-state index in [1.54, 1.807) is 0 Å². The predicted octanol–water partition coefficient (Wildman–Crippen LogP) is 3.25. The van der Waals surface area contributed by atoms with E-state index in [0.717, 1.165) is 19.4 Å². The van der Waals surface area contributed by atoms with E-state index < -0.39 is 0 Å². The Morgan fingerprint density at radius 2 is 1.75 bits per heavy atom. The first-order valence-electron chi connectivity index (χ1n) is 8.19. The fraction of sp³-hybridized carbons (Fsp3) is 0.941. The lowest BCUT2D eigenvalue weighted by Gasteiger charge is -2.24. The fourth-order valence-corrected chi connectivity index (χ4v) is 3.93. The van der Waals surface area contributed by atoms with Gasteiger partial charge < -0.3 is 4.90 Å². The van der Waals surface area contributed by atoms with E-state index in [0.29, 0.717) is 28.6 Å². The van der Waals surface area contributed by atoms with Crippen molar-refractivity contribution >= 4 is 5.91 Å². The molecule has 3 nitrogen and oxygen atoms in total. The van der Waals surface area contributed by atoms with Gasteiger partial charge in [-0.25, -0.2) is 0 Å². The van der Waals surface area contributed by atoms with Gasteiger partial charge in [-0.15, -0.1) is 0 Å². The molecule has 3 heteroatoms. The Hall–Kier alpha value is -0.570. The second-order valence-electron chi connectivity index (χ2n) is 8.26. The number of carbonyl (C=O) groups excluding carboxylic acids is 1. The van der Waals surface area contributed by atoms with Crippen LogP contribution in [0.2, 0.25) is 0 Å². The molecule has 1 N–H and O–H groups in total. The average molecular weight is 280 g/mol. The van der Waals surface area contributed by atoms with Crippen LogP contribution in [0.3, 0.4) is 0 Å². The van der Waals surface area contributed by atoms with E-state index in [9.17, 15) is 4.79 Å². The highest BCUT2D eigenvalue weighted by Crippen LogP contribution is 2.68. The van der Waals surface area contributed by atoms with E-state index in [1.807, 2.05) is 0 Å². The summed E-state index contributed by atoms with van der Waals surface area (Å²) in [6, 6.07) is 0.0323. The Labute approximate surface area is 124 Å². The number of nitrogens with zero attached hydrogens (tertiary/aromatic N) is 1. The maximum absolute atomic E-state index is 12.7. The molecular formula is C17H32N2O. The smallest absolute Gasteiger partial charge is 0.241 e. The summed E-state index contributed by atoms with van der Waals surface area (Å²) < 4.78 is 0. The van der Waals surface area contributed by atoms with Gasteiger partial charge in [0.05, 0.1) is 12.2 Å². The van der Waals surface area contributed by atoms with Crippen LogP contribution >= 0.6 is 0 Å². The minimum Gasteiger partial charge on any atom is -0.325 e. The van der Waals surface area contributed by atoms with Crippen LogP contribution in [-0.2, 0) is 4.79 Å². The largest absolute Gasteiger partial charge is 0.325 e. The number of amides is 1. The van der Waals surface area contributed by atoms with Crippen LogP contribution in [-0.4, -0.2) is 29.6 Å². The molecule has 0 radical (unpaired) electrons. The summed E-state index contributed by atoms with van der Waals surface area (Å²) in [5, 5.41) is 3.54.